The summed E-state index contributed by atoms with van der Waals surface area (Å²) in [6.45, 7) is 2.55. The minimum Gasteiger partial charge on any atom is -0.366 e. The summed E-state index contributed by atoms with van der Waals surface area (Å²) < 4.78 is 0. The molecule has 0 bridgehead atoms. The van der Waals surface area contributed by atoms with Crippen molar-refractivity contribution in [3.05, 3.63) is 35.4 Å². The van der Waals surface area contributed by atoms with Crippen LogP contribution in [-0.2, 0) is 4.79 Å². The summed E-state index contributed by atoms with van der Waals surface area (Å²) in [6, 6.07) is 6.48. The van der Waals surface area contributed by atoms with E-state index in [2.05, 4.69) is 5.32 Å². The number of carbonyl (C=O) groups is 3. The number of nitrogens with two attached hydrogens (primary N) is 1. The van der Waals surface area contributed by atoms with Crippen molar-refractivity contribution in [3.63, 3.8) is 0 Å². The lowest BCUT2D eigenvalue weighted by molar-refractivity contribution is -0.120. The highest BCUT2D eigenvalue weighted by Gasteiger charge is 2.19. The van der Waals surface area contributed by atoms with E-state index in [0.717, 1.165) is 51.7 Å². The van der Waals surface area contributed by atoms with Crippen molar-refractivity contribution in [2.45, 2.75) is 38.5 Å². The number of rotatable bonds is 2. The Bertz CT molecular complexity index is 568. The molecule has 6 nitrogen and oxygen atoms in total. The molecule has 0 aliphatic carbocycles. The van der Waals surface area contributed by atoms with E-state index < -0.39 is 5.91 Å². The molecule has 0 unspecified atom stereocenters. The summed E-state index contributed by atoms with van der Waals surface area (Å²) >= 11 is 0. The number of primary amides is 1. The lowest BCUT2D eigenvalue weighted by Crippen LogP contribution is -2.27. The van der Waals surface area contributed by atoms with Crippen LogP contribution in [-0.4, -0.2) is 42.3 Å². The highest BCUT2D eigenvalue weighted by molar-refractivity contribution is 5.97. The first-order valence-corrected chi connectivity index (χ1v) is 8.54. The number of likely N-dealkylation sites (tertiary alicyclic amines) is 1. The van der Waals surface area contributed by atoms with E-state index in [0.29, 0.717) is 11.1 Å². The van der Waals surface area contributed by atoms with Crippen molar-refractivity contribution in [1.29, 1.82) is 0 Å². The van der Waals surface area contributed by atoms with Gasteiger partial charge in [0, 0.05) is 37.2 Å². The van der Waals surface area contributed by atoms with Gasteiger partial charge in [0.1, 0.15) is 0 Å². The molecule has 2 aliphatic heterocycles. The third-order valence-electron chi connectivity index (χ3n) is 4.21. The molecule has 2 fully saturated rings. The highest BCUT2D eigenvalue weighted by atomic mass is 16.2. The Morgan fingerprint density at radius 1 is 0.917 bits per heavy atom. The van der Waals surface area contributed by atoms with E-state index in [1.54, 1.807) is 24.3 Å². The molecule has 3 rings (SSSR count). The zero-order valence-electron chi connectivity index (χ0n) is 13.9. The molecular weight excluding hydrogens is 306 g/mol. The molecule has 3 amide bonds. The van der Waals surface area contributed by atoms with Gasteiger partial charge in [0.15, 0.2) is 0 Å². The summed E-state index contributed by atoms with van der Waals surface area (Å²) in [6.07, 6.45) is 6.33. The topological polar surface area (TPSA) is 92.5 Å². The summed E-state index contributed by atoms with van der Waals surface area (Å²) in [5, 5.41) is 2.81. The van der Waals surface area contributed by atoms with Crippen LogP contribution in [0.2, 0.25) is 0 Å². The minimum atomic E-state index is -0.472. The molecule has 1 aromatic rings. The Hall–Kier alpha value is -2.37. The molecule has 6 heteroatoms. The van der Waals surface area contributed by atoms with Crippen molar-refractivity contribution >= 4 is 17.7 Å². The second kappa shape index (κ2) is 9.05. The van der Waals surface area contributed by atoms with Crippen molar-refractivity contribution in [1.82, 2.24) is 10.2 Å². The van der Waals surface area contributed by atoms with E-state index in [1.807, 2.05) is 4.90 Å². The molecule has 2 aliphatic rings. The smallest absolute Gasteiger partial charge is 0.253 e. The molecule has 3 N–H and O–H groups in total. The van der Waals surface area contributed by atoms with Gasteiger partial charge in [-0.2, -0.15) is 0 Å². The average Bonchev–Trinajstić information content (AvgIpc) is 3.02. The van der Waals surface area contributed by atoms with Crippen LogP contribution in [0.4, 0.5) is 0 Å². The predicted molar refractivity (Wildman–Crippen MR) is 91.6 cm³/mol. The van der Waals surface area contributed by atoms with Gasteiger partial charge in [0.2, 0.25) is 11.8 Å². The first-order chi connectivity index (χ1) is 11.6. The Labute approximate surface area is 142 Å². The van der Waals surface area contributed by atoms with E-state index in [9.17, 15) is 14.4 Å². The molecule has 2 saturated heterocycles. The lowest BCUT2D eigenvalue weighted by atomic mass is 10.1. The molecule has 0 spiro atoms. The standard InChI is InChI=1S/C12H14N2O2.C6H11NO/c13-11(15)9-3-5-10(6-4-9)12(16)14-7-1-2-8-14;8-6-4-2-1-3-5-7-6/h3-6H,1-2,7-8H2,(H2,13,15);1-5H2,(H,7,8). The van der Waals surface area contributed by atoms with Gasteiger partial charge in [-0.1, -0.05) is 6.42 Å². The maximum atomic E-state index is 11.9. The van der Waals surface area contributed by atoms with Crippen LogP contribution >= 0.6 is 0 Å². The molecule has 0 aromatic heterocycles. The van der Waals surface area contributed by atoms with Crippen LogP contribution in [0.3, 0.4) is 0 Å². The van der Waals surface area contributed by atoms with Gasteiger partial charge in [0.25, 0.3) is 5.91 Å². The second-order valence-corrected chi connectivity index (χ2v) is 6.10. The van der Waals surface area contributed by atoms with Crippen LogP contribution in [0.15, 0.2) is 24.3 Å². The maximum absolute atomic E-state index is 11.9. The van der Waals surface area contributed by atoms with E-state index in [1.165, 1.54) is 6.42 Å². The van der Waals surface area contributed by atoms with Gasteiger partial charge in [-0.15, -0.1) is 0 Å². The quantitative estimate of drug-likeness (QED) is 0.864. The average molecular weight is 331 g/mol. The van der Waals surface area contributed by atoms with Crippen LogP contribution in [0.25, 0.3) is 0 Å². The number of amides is 3. The van der Waals surface area contributed by atoms with Gasteiger partial charge in [-0.3, -0.25) is 14.4 Å². The zero-order chi connectivity index (χ0) is 17.4. The SMILES string of the molecule is NC(=O)c1ccc(C(=O)N2CCCC2)cc1.O=C1CCCCCN1. The Kier molecular flexibility index (Phi) is 6.78. The van der Waals surface area contributed by atoms with E-state index in [-0.39, 0.29) is 11.8 Å². The molecule has 24 heavy (non-hydrogen) atoms. The number of hydrogen-bond donors (Lipinski definition) is 2. The fraction of sp³-hybridized carbons (Fsp3) is 0.500. The van der Waals surface area contributed by atoms with E-state index >= 15 is 0 Å². The first-order valence-electron chi connectivity index (χ1n) is 8.54. The molecule has 2 heterocycles. The molecular formula is C18H25N3O3. The summed E-state index contributed by atoms with van der Waals surface area (Å²) in [4.78, 5) is 35.2. The number of hydrogen-bond acceptors (Lipinski definition) is 3. The maximum Gasteiger partial charge on any atom is 0.253 e. The van der Waals surface area contributed by atoms with E-state index in [4.69, 9.17) is 5.73 Å². The van der Waals surface area contributed by atoms with Crippen LogP contribution < -0.4 is 11.1 Å². The predicted octanol–water partition coefficient (Wildman–Crippen LogP) is 1.70. The van der Waals surface area contributed by atoms with Crippen LogP contribution in [0, 0.1) is 0 Å². The van der Waals surface area contributed by atoms with Crippen molar-refractivity contribution in [3.8, 4) is 0 Å². The number of nitrogens with zero attached hydrogens (tertiary/aromatic N) is 1. The van der Waals surface area contributed by atoms with Gasteiger partial charge >= 0.3 is 0 Å². The first kappa shape index (κ1) is 18.0. The number of benzene rings is 1. The van der Waals surface area contributed by atoms with Crippen LogP contribution in [0.1, 0.15) is 59.2 Å². The normalized spacial score (nSPS) is 17.3. The third kappa shape index (κ3) is 5.37. The van der Waals surface area contributed by atoms with Gasteiger partial charge in [0.05, 0.1) is 0 Å². The summed E-state index contributed by atoms with van der Waals surface area (Å²) in [5.74, 6) is -0.212. The fourth-order valence-corrected chi connectivity index (χ4v) is 2.78. The third-order valence-corrected chi connectivity index (χ3v) is 4.21. The molecule has 1 aromatic carbocycles. The summed E-state index contributed by atoms with van der Waals surface area (Å²) in [5.41, 5.74) is 6.17. The fourth-order valence-electron chi connectivity index (χ4n) is 2.78. The van der Waals surface area contributed by atoms with Gasteiger partial charge in [-0.25, -0.2) is 0 Å². The van der Waals surface area contributed by atoms with Crippen molar-refractivity contribution in [2.75, 3.05) is 19.6 Å². The second-order valence-electron chi connectivity index (χ2n) is 6.10. The molecule has 0 saturated carbocycles. The number of nitrogens with one attached hydrogen (secondary N) is 1. The van der Waals surface area contributed by atoms with Crippen molar-refractivity contribution < 1.29 is 14.4 Å². The van der Waals surface area contributed by atoms with Gasteiger partial charge in [-0.05, 0) is 49.9 Å². The minimum absolute atomic E-state index is 0.0357. The van der Waals surface area contributed by atoms with Crippen LogP contribution in [0.5, 0.6) is 0 Å². The Balaban J connectivity index is 0.000000219. The lowest BCUT2D eigenvalue weighted by Gasteiger charge is -2.15. The van der Waals surface area contributed by atoms with Gasteiger partial charge < -0.3 is 16.0 Å². The number of carbonyl (C=O) groups excluding carboxylic acids is 3. The highest BCUT2D eigenvalue weighted by Crippen LogP contribution is 2.13. The monoisotopic (exact) mass is 331 g/mol. The Morgan fingerprint density at radius 2 is 1.54 bits per heavy atom. The molecule has 0 radical (unpaired) electrons. The zero-order valence-corrected chi connectivity index (χ0v) is 13.9. The largest absolute Gasteiger partial charge is 0.366 e. The molecule has 0 atom stereocenters. The summed E-state index contributed by atoms with van der Waals surface area (Å²) in [7, 11) is 0. The molecule has 130 valence electrons. The van der Waals surface area contributed by atoms with Crippen molar-refractivity contribution in [2.24, 2.45) is 5.73 Å². The Morgan fingerprint density at radius 3 is 2.17 bits per heavy atom.